The summed E-state index contributed by atoms with van der Waals surface area (Å²) in [6, 6.07) is 0. The summed E-state index contributed by atoms with van der Waals surface area (Å²) in [6.07, 6.45) is 2.95. The maximum Gasteiger partial charge on any atom is 0.197 e. The van der Waals surface area contributed by atoms with Crippen LogP contribution in [0.5, 0.6) is 0 Å². The Morgan fingerprint density at radius 2 is 2.60 bits per heavy atom. The molecule has 4 N–H and O–H groups in total. The first kappa shape index (κ1) is 10.8. The summed E-state index contributed by atoms with van der Waals surface area (Å²) in [7, 11) is 0. The minimum absolute atomic E-state index is 0.300. The number of hydrogen-bond donors (Lipinski definition) is 3. The van der Waals surface area contributed by atoms with Gasteiger partial charge in [0.1, 0.15) is 0 Å². The summed E-state index contributed by atoms with van der Waals surface area (Å²) < 4.78 is 0. The molecule has 2 heterocycles. The van der Waals surface area contributed by atoms with Gasteiger partial charge in [0.05, 0.1) is 0 Å². The van der Waals surface area contributed by atoms with Crippen molar-refractivity contribution in [2.45, 2.75) is 13.0 Å². The van der Waals surface area contributed by atoms with Crippen LogP contribution in [-0.2, 0) is 6.54 Å². The molecular formula is C9H16N4OS. The number of nitrogens with two attached hydrogens (primary N) is 1. The quantitative estimate of drug-likeness (QED) is 0.508. The number of hydrazine groups is 1. The normalized spacial score (nSPS) is 22.1. The lowest BCUT2D eigenvalue weighted by Gasteiger charge is -2.13. The van der Waals surface area contributed by atoms with Gasteiger partial charge in [-0.25, -0.2) is 10.8 Å². The van der Waals surface area contributed by atoms with E-state index in [1.165, 1.54) is 4.88 Å². The van der Waals surface area contributed by atoms with Crippen LogP contribution < -0.4 is 11.3 Å². The molecule has 1 aliphatic heterocycles. The molecule has 0 aromatic carbocycles. The fourth-order valence-electron chi connectivity index (χ4n) is 1.87. The third-order valence-corrected chi connectivity index (χ3v) is 3.60. The van der Waals surface area contributed by atoms with Crippen LogP contribution in [0.3, 0.4) is 0 Å². The largest absolute Gasteiger partial charge is 0.396 e. The van der Waals surface area contributed by atoms with Crippen molar-refractivity contribution in [2.75, 3.05) is 25.1 Å². The highest BCUT2D eigenvalue weighted by molar-refractivity contribution is 7.15. The van der Waals surface area contributed by atoms with E-state index in [1.54, 1.807) is 11.3 Å². The summed E-state index contributed by atoms with van der Waals surface area (Å²) in [4.78, 5) is 7.67. The maximum atomic E-state index is 9.03. The van der Waals surface area contributed by atoms with Crippen LogP contribution in [0.25, 0.3) is 0 Å². The number of nitrogens with one attached hydrogen (secondary N) is 1. The Labute approximate surface area is 92.9 Å². The van der Waals surface area contributed by atoms with E-state index in [0.717, 1.165) is 31.2 Å². The summed E-state index contributed by atoms with van der Waals surface area (Å²) in [5.41, 5.74) is 2.54. The van der Waals surface area contributed by atoms with E-state index >= 15 is 0 Å². The maximum absolute atomic E-state index is 9.03. The Balaban J connectivity index is 1.87. The van der Waals surface area contributed by atoms with Crippen LogP contribution in [0, 0.1) is 5.92 Å². The molecule has 1 aromatic rings. The van der Waals surface area contributed by atoms with E-state index in [1.807, 2.05) is 6.20 Å². The number of anilines is 1. The van der Waals surface area contributed by atoms with Gasteiger partial charge in [-0.3, -0.25) is 10.3 Å². The van der Waals surface area contributed by atoms with Gasteiger partial charge in [0.25, 0.3) is 0 Å². The molecule has 0 spiro atoms. The summed E-state index contributed by atoms with van der Waals surface area (Å²) in [5, 5.41) is 9.78. The molecule has 1 saturated heterocycles. The smallest absolute Gasteiger partial charge is 0.197 e. The highest BCUT2D eigenvalue weighted by Crippen LogP contribution is 2.22. The van der Waals surface area contributed by atoms with E-state index < -0.39 is 0 Å². The number of aromatic nitrogens is 1. The number of nitrogens with zero attached hydrogens (tertiary/aromatic N) is 2. The van der Waals surface area contributed by atoms with Crippen molar-refractivity contribution in [3.05, 3.63) is 11.1 Å². The molecule has 84 valence electrons. The summed E-state index contributed by atoms with van der Waals surface area (Å²) >= 11 is 1.58. The van der Waals surface area contributed by atoms with E-state index in [9.17, 15) is 0 Å². The van der Waals surface area contributed by atoms with E-state index in [-0.39, 0.29) is 0 Å². The molecule has 15 heavy (non-hydrogen) atoms. The fraction of sp³-hybridized carbons (Fsp3) is 0.667. The number of hydrogen-bond acceptors (Lipinski definition) is 6. The van der Waals surface area contributed by atoms with Gasteiger partial charge in [0.2, 0.25) is 0 Å². The molecule has 1 fully saturated rings. The monoisotopic (exact) mass is 228 g/mol. The van der Waals surface area contributed by atoms with Crippen LogP contribution in [0.4, 0.5) is 5.13 Å². The Morgan fingerprint density at radius 3 is 3.20 bits per heavy atom. The number of likely N-dealkylation sites (tertiary alicyclic amines) is 1. The first-order chi connectivity index (χ1) is 7.31. The average molecular weight is 228 g/mol. The van der Waals surface area contributed by atoms with Crippen LogP contribution >= 0.6 is 11.3 Å². The molecular weight excluding hydrogens is 212 g/mol. The molecule has 6 heteroatoms. The molecule has 1 unspecified atom stereocenters. The van der Waals surface area contributed by atoms with Crippen molar-refractivity contribution in [3.63, 3.8) is 0 Å². The van der Waals surface area contributed by atoms with E-state index in [2.05, 4.69) is 15.3 Å². The van der Waals surface area contributed by atoms with E-state index in [0.29, 0.717) is 12.5 Å². The lowest BCUT2D eigenvalue weighted by molar-refractivity contribution is 0.220. The molecule has 0 bridgehead atoms. The lowest BCUT2D eigenvalue weighted by atomic mass is 10.1. The van der Waals surface area contributed by atoms with Gasteiger partial charge in [-0.1, -0.05) is 11.3 Å². The highest BCUT2D eigenvalue weighted by Gasteiger charge is 2.21. The van der Waals surface area contributed by atoms with Crippen LogP contribution in [0.1, 0.15) is 11.3 Å². The predicted molar refractivity (Wildman–Crippen MR) is 60.4 cm³/mol. The number of nitrogen functional groups attached to an aromatic ring is 1. The molecule has 1 aromatic heterocycles. The van der Waals surface area contributed by atoms with Crippen molar-refractivity contribution < 1.29 is 5.11 Å². The fourth-order valence-corrected chi connectivity index (χ4v) is 2.64. The van der Waals surface area contributed by atoms with Gasteiger partial charge in [0.15, 0.2) is 5.13 Å². The molecule has 0 aliphatic carbocycles. The number of aliphatic hydroxyl groups is 1. The van der Waals surface area contributed by atoms with Crippen molar-refractivity contribution in [1.82, 2.24) is 9.88 Å². The Bertz CT molecular complexity index is 317. The second-order valence-electron chi connectivity index (χ2n) is 3.85. The first-order valence-corrected chi connectivity index (χ1v) is 5.88. The third-order valence-electron chi connectivity index (χ3n) is 2.68. The number of rotatable bonds is 4. The van der Waals surface area contributed by atoms with E-state index in [4.69, 9.17) is 10.9 Å². The average Bonchev–Trinajstić information content (AvgIpc) is 2.87. The topological polar surface area (TPSA) is 74.4 Å². The Morgan fingerprint density at radius 1 is 1.73 bits per heavy atom. The van der Waals surface area contributed by atoms with Crippen molar-refractivity contribution in [3.8, 4) is 0 Å². The molecule has 1 aliphatic rings. The second-order valence-corrected chi connectivity index (χ2v) is 4.96. The zero-order chi connectivity index (χ0) is 10.7. The van der Waals surface area contributed by atoms with Gasteiger partial charge < -0.3 is 5.11 Å². The number of thiazole rings is 1. The van der Waals surface area contributed by atoms with Crippen molar-refractivity contribution in [1.29, 1.82) is 0 Å². The Hall–Kier alpha value is -0.690. The minimum Gasteiger partial charge on any atom is -0.396 e. The van der Waals surface area contributed by atoms with Gasteiger partial charge >= 0.3 is 0 Å². The SMILES string of the molecule is NNc1ncc(CN2CCC(CO)C2)s1. The van der Waals surface area contributed by atoms with Gasteiger partial charge in [0, 0.05) is 30.8 Å². The molecule has 0 amide bonds. The first-order valence-electron chi connectivity index (χ1n) is 5.06. The standard InChI is InChI=1S/C9H16N4OS/c10-12-9-11-3-8(15-9)5-13-2-1-7(4-13)6-14/h3,7,14H,1-2,4-6,10H2,(H,11,12). The van der Waals surface area contributed by atoms with Crippen LogP contribution in [0.15, 0.2) is 6.20 Å². The summed E-state index contributed by atoms with van der Waals surface area (Å²) in [5.74, 6) is 5.72. The van der Waals surface area contributed by atoms with Crippen molar-refractivity contribution in [2.24, 2.45) is 11.8 Å². The molecule has 5 nitrogen and oxygen atoms in total. The van der Waals surface area contributed by atoms with Gasteiger partial charge in [-0.15, -0.1) is 0 Å². The van der Waals surface area contributed by atoms with Gasteiger partial charge in [-0.05, 0) is 18.9 Å². The summed E-state index contributed by atoms with van der Waals surface area (Å²) in [6.45, 7) is 3.26. The molecule has 1 atom stereocenters. The zero-order valence-electron chi connectivity index (χ0n) is 8.52. The van der Waals surface area contributed by atoms with Crippen LogP contribution in [-0.4, -0.2) is 34.7 Å². The number of aliphatic hydroxyl groups excluding tert-OH is 1. The Kier molecular flexibility index (Phi) is 3.53. The van der Waals surface area contributed by atoms with Gasteiger partial charge in [-0.2, -0.15) is 0 Å². The highest BCUT2D eigenvalue weighted by atomic mass is 32.1. The zero-order valence-corrected chi connectivity index (χ0v) is 9.33. The molecule has 0 saturated carbocycles. The van der Waals surface area contributed by atoms with Crippen LogP contribution in [0.2, 0.25) is 0 Å². The molecule has 0 radical (unpaired) electrons. The molecule has 2 rings (SSSR count). The van der Waals surface area contributed by atoms with Crippen molar-refractivity contribution >= 4 is 16.5 Å². The lowest BCUT2D eigenvalue weighted by Crippen LogP contribution is -2.20. The minimum atomic E-state index is 0.300. The second kappa shape index (κ2) is 4.89. The third kappa shape index (κ3) is 2.66. The predicted octanol–water partition coefficient (Wildman–Crippen LogP) is 0.243.